The molecule has 2 amide bonds. The Morgan fingerprint density at radius 3 is 2.32 bits per heavy atom. The molecule has 0 spiro atoms. The Morgan fingerprint density at radius 2 is 1.65 bits per heavy atom. The van der Waals surface area contributed by atoms with Crippen molar-refractivity contribution in [2.45, 2.75) is 19.9 Å². The number of amides is 2. The average molecular weight is 500 g/mol. The predicted molar refractivity (Wildman–Crippen MR) is 136 cm³/mol. The molecule has 2 N–H and O–H groups in total. The number of carbonyl (C=O) groups excluding carboxylic acids is 2. The van der Waals surface area contributed by atoms with Crippen LogP contribution in [0.1, 0.15) is 34.5 Å². The molecule has 9 heteroatoms. The molecule has 0 aliphatic rings. The van der Waals surface area contributed by atoms with Gasteiger partial charge in [0.25, 0.3) is 5.91 Å². The van der Waals surface area contributed by atoms with Crippen LogP contribution in [0.25, 0.3) is 0 Å². The summed E-state index contributed by atoms with van der Waals surface area (Å²) in [4.78, 5) is 25.8. The number of carbonyl (C=O) groups is 2. The van der Waals surface area contributed by atoms with Gasteiger partial charge in [-0.05, 0) is 49.2 Å². The van der Waals surface area contributed by atoms with Crippen LogP contribution in [0.4, 0.5) is 11.4 Å². The lowest BCUT2D eigenvalue weighted by Gasteiger charge is -2.24. The zero-order valence-electron chi connectivity index (χ0n) is 19.1. The van der Waals surface area contributed by atoms with Gasteiger partial charge in [-0.25, -0.2) is 8.42 Å². The number of sulfonamides is 1. The third kappa shape index (κ3) is 6.36. The predicted octanol–water partition coefficient (Wildman–Crippen LogP) is 4.54. The quantitative estimate of drug-likeness (QED) is 0.475. The summed E-state index contributed by atoms with van der Waals surface area (Å²) in [5.41, 5.74) is 2.45. The van der Waals surface area contributed by atoms with Crippen molar-refractivity contribution in [2.24, 2.45) is 0 Å². The van der Waals surface area contributed by atoms with Gasteiger partial charge in [0.2, 0.25) is 15.9 Å². The first-order valence-corrected chi connectivity index (χ1v) is 12.8. The van der Waals surface area contributed by atoms with Crippen molar-refractivity contribution in [2.75, 3.05) is 22.4 Å². The first-order chi connectivity index (χ1) is 16.1. The molecule has 7 nitrogen and oxygen atoms in total. The van der Waals surface area contributed by atoms with Gasteiger partial charge in [0.05, 0.1) is 29.2 Å². The molecule has 0 radical (unpaired) electrons. The van der Waals surface area contributed by atoms with E-state index in [9.17, 15) is 18.0 Å². The Morgan fingerprint density at radius 1 is 1.00 bits per heavy atom. The number of halogens is 1. The standard InChI is InChI=1S/C25H26ClN3O4S/c1-17-13-14-20(26)15-23(17)29(34(3,32)33)16-24(30)28-22-12-8-7-11-21(22)25(31)27-18(2)19-9-5-4-6-10-19/h4-15,18H,16H2,1-3H3,(H,27,31)(H,28,30)/t18-/m0/s1. The second-order valence-corrected chi connectivity index (χ2v) is 10.2. The van der Waals surface area contributed by atoms with Gasteiger partial charge in [-0.15, -0.1) is 0 Å². The lowest BCUT2D eigenvalue weighted by Crippen LogP contribution is -2.38. The van der Waals surface area contributed by atoms with Gasteiger partial charge in [-0.2, -0.15) is 0 Å². The summed E-state index contributed by atoms with van der Waals surface area (Å²) in [6, 6.07) is 20.6. The molecule has 178 valence electrons. The summed E-state index contributed by atoms with van der Waals surface area (Å²) in [7, 11) is -3.78. The largest absolute Gasteiger partial charge is 0.345 e. The first-order valence-electron chi connectivity index (χ1n) is 10.5. The number of para-hydroxylation sites is 1. The maximum atomic E-state index is 12.9. The monoisotopic (exact) mass is 499 g/mol. The topological polar surface area (TPSA) is 95.6 Å². The Labute approximate surface area is 204 Å². The van der Waals surface area contributed by atoms with Gasteiger partial charge in [-0.1, -0.05) is 60.1 Å². The number of benzene rings is 3. The zero-order chi connectivity index (χ0) is 24.9. The molecule has 0 heterocycles. The van der Waals surface area contributed by atoms with Crippen molar-refractivity contribution in [3.63, 3.8) is 0 Å². The third-order valence-electron chi connectivity index (χ3n) is 5.22. The van der Waals surface area contributed by atoms with Gasteiger partial charge < -0.3 is 10.6 Å². The number of hydrogen-bond acceptors (Lipinski definition) is 4. The number of nitrogens with one attached hydrogen (secondary N) is 2. The fraction of sp³-hybridized carbons (Fsp3) is 0.200. The van der Waals surface area contributed by atoms with Crippen molar-refractivity contribution in [3.8, 4) is 0 Å². The van der Waals surface area contributed by atoms with Gasteiger partial charge in [0.1, 0.15) is 6.54 Å². The molecule has 3 rings (SSSR count). The number of anilines is 2. The van der Waals surface area contributed by atoms with Crippen molar-refractivity contribution < 1.29 is 18.0 Å². The minimum Gasteiger partial charge on any atom is -0.345 e. The molecule has 1 atom stereocenters. The molecular formula is C25H26ClN3O4S. The Hall–Kier alpha value is -3.36. The van der Waals surface area contributed by atoms with E-state index in [1.54, 1.807) is 43.3 Å². The van der Waals surface area contributed by atoms with Crippen LogP contribution in [-0.2, 0) is 14.8 Å². The van der Waals surface area contributed by atoms with E-state index in [0.717, 1.165) is 16.1 Å². The molecule has 3 aromatic rings. The van der Waals surface area contributed by atoms with Crippen molar-refractivity contribution >= 4 is 44.8 Å². The first kappa shape index (κ1) is 25.3. The smallest absolute Gasteiger partial charge is 0.253 e. The number of rotatable bonds is 8. The maximum Gasteiger partial charge on any atom is 0.253 e. The molecule has 0 aromatic heterocycles. The van der Waals surface area contributed by atoms with Crippen molar-refractivity contribution in [1.29, 1.82) is 0 Å². The van der Waals surface area contributed by atoms with E-state index in [1.165, 1.54) is 6.07 Å². The molecule has 0 bridgehead atoms. The van der Waals surface area contributed by atoms with Crippen LogP contribution in [0, 0.1) is 6.92 Å². The van der Waals surface area contributed by atoms with Crippen LogP contribution >= 0.6 is 11.6 Å². The molecule has 0 fully saturated rings. The van der Waals surface area contributed by atoms with Crippen LogP contribution in [0.3, 0.4) is 0 Å². The molecule has 3 aromatic carbocycles. The van der Waals surface area contributed by atoms with Gasteiger partial charge in [-0.3, -0.25) is 13.9 Å². The van der Waals surface area contributed by atoms with Gasteiger partial charge in [0.15, 0.2) is 0 Å². The van der Waals surface area contributed by atoms with E-state index < -0.39 is 22.5 Å². The van der Waals surface area contributed by atoms with Crippen LogP contribution < -0.4 is 14.9 Å². The van der Waals surface area contributed by atoms with Crippen molar-refractivity contribution in [3.05, 3.63) is 94.5 Å². The van der Waals surface area contributed by atoms with Gasteiger partial charge in [0, 0.05) is 5.02 Å². The normalized spacial score (nSPS) is 12.0. The molecule has 0 unspecified atom stereocenters. The minimum absolute atomic E-state index is 0.246. The van der Waals surface area contributed by atoms with E-state index in [-0.39, 0.29) is 23.2 Å². The zero-order valence-corrected chi connectivity index (χ0v) is 20.7. The van der Waals surface area contributed by atoms with Crippen LogP contribution in [0.2, 0.25) is 5.02 Å². The fourth-order valence-electron chi connectivity index (χ4n) is 3.44. The Kier molecular flexibility index (Phi) is 7.96. The molecule has 0 aliphatic heterocycles. The maximum absolute atomic E-state index is 12.9. The summed E-state index contributed by atoms with van der Waals surface area (Å²) in [6.45, 7) is 3.12. The highest BCUT2D eigenvalue weighted by Gasteiger charge is 2.24. The lowest BCUT2D eigenvalue weighted by molar-refractivity contribution is -0.114. The SMILES string of the molecule is Cc1ccc(Cl)cc1N(CC(=O)Nc1ccccc1C(=O)N[C@@H](C)c1ccccc1)S(C)(=O)=O. The average Bonchev–Trinajstić information content (AvgIpc) is 2.79. The molecule has 0 saturated carbocycles. The molecule has 0 saturated heterocycles. The third-order valence-corrected chi connectivity index (χ3v) is 6.58. The highest BCUT2D eigenvalue weighted by atomic mass is 35.5. The Balaban J connectivity index is 1.79. The van der Waals surface area contributed by atoms with Crippen LogP contribution in [0.5, 0.6) is 0 Å². The summed E-state index contributed by atoms with van der Waals surface area (Å²) >= 11 is 6.05. The van der Waals surface area contributed by atoms with E-state index in [2.05, 4.69) is 10.6 Å². The number of aryl methyl sites for hydroxylation is 1. The van der Waals surface area contributed by atoms with E-state index in [4.69, 9.17) is 11.6 Å². The minimum atomic E-state index is -3.78. The van der Waals surface area contributed by atoms with Crippen LogP contribution in [-0.4, -0.2) is 33.0 Å². The number of nitrogens with zero attached hydrogens (tertiary/aromatic N) is 1. The molecule has 34 heavy (non-hydrogen) atoms. The number of hydrogen-bond donors (Lipinski definition) is 2. The second kappa shape index (κ2) is 10.7. The van der Waals surface area contributed by atoms with E-state index in [1.807, 2.05) is 37.3 Å². The molecular weight excluding hydrogens is 474 g/mol. The molecule has 0 aliphatic carbocycles. The van der Waals surface area contributed by atoms with Crippen LogP contribution in [0.15, 0.2) is 72.8 Å². The summed E-state index contributed by atoms with van der Waals surface area (Å²) in [6.07, 6.45) is 1.02. The summed E-state index contributed by atoms with van der Waals surface area (Å²) in [5, 5.41) is 5.94. The second-order valence-electron chi connectivity index (χ2n) is 7.90. The fourth-order valence-corrected chi connectivity index (χ4v) is 4.51. The van der Waals surface area contributed by atoms with Gasteiger partial charge >= 0.3 is 0 Å². The Bertz CT molecular complexity index is 1300. The van der Waals surface area contributed by atoms with Crippen molar-refractivity contribution in [1.82, 2.24) is 5.32 Å². The highest BCUT2D eigenvalue weighted by molar-refractivity contribution is 7.92. The lowest BCUT2D eigenvalue weighted by atomic mass is 10.1. The van der Waals surface area contributed by atoms with E-state index in [0.29, 0.717) is 16.3 Å². The summed E-state index contributed by atoms with van der Waals surface area (Å²) < 4.78 is 25.9. The highest BCUT2D eigenvalue weighted by Crippen LogP contribution is 2.26. The van der Waals surface area contributed by atoms with E-state index >= 15 is 0 Å². The summed E-state index contributed by atoms with van der Waals surface area (Å²) in [5.74, 6) is -0.959.